The Morgan fingerprint density at radius 2 is 1.81 bits per heavy atom. The predicted molar refractivity (Wildman–Crippen MR) is 175 cm³/mol. The molecule has 0 unspecified atom stereocenters. The minimum Gasteiger partial charge on any atom is -0.454 e. The average Bonchev–Trinajstić information content (AvgIpc) is 3.45. The summed E-state index contributed by atoms with van der Waals surface area (Å²) >= 11 is 0. The van der Waals surface area contributed by atoms with E-state index in [9.17, 15) is 9.90 Å². The molecule has 1 aromatic carbocycles. The molecule has 0 radical (unpaired) electrons. The molecule has 4 saturated carbocycles. The second-order valence-electron chi connectivity index (χ2n) is 18.1. The van der Waals surface area contributed by atoms with Crippen LogP contribution in [-0.2, 0) is 23.7 Å². The van der Waals surface area contributed by atoms with Gasteiger partial charge in [-0.2, -0.15) is 0 Å². The topological polar surface area (TPSA) is 92.7 Å². The molecule has 6 fully saturated rings. The largest absolute Gasteiger partial charge is 0.454 e. The number of allylic oxidation sites excluding steroid dienone is 1. The van der Waals surface area contributed by atoms with Crippen molar-refractivity contribution in [2.75, 3.05) is 27.1 Å². The number of aliphatic hydroxyl groups excluding tert-OH is 1. The van der Waals surface area contributed by atoms with Crippen LogP contribution in [-0.4, -0.2) is 55.7 Å². The Labute approximate surface area is 283 Å². The van der Waals surface area contributed by atoms with E-state index in [-0.39, 0.29) is 58.0 Å². The van der Waals surface area contributed by atoms with Crippen molar-refractivity contribution in [3.63, 3.8) is 0 Å². The summed E-state index contributed by atoms with van der Waals surface area (Å²) in [5.41, 5.74) is 2.84. The van der Waals surface area contributed by atoms with Crippen molar-refractivity contribution in [2.24, 2.45) is 44.8 Å². The van der Waals surface area contributed by atoms with Crippen LogP contribution in [0.1, 0.15) is 97.1 Å². The van der Waals surface area contributed by atoms with Crippen molar-refractivity contribution in [3.8, 4) is 11.5 Å². The van der Waals surface area contributed by atoms with Crippen LogP contribution in [0, 0.1) is 44.8 Å². The fourth-order valence-corrected chi connectivity index (χ4v) is 13.9. The molecule has 1 spiro atoms. The van der Waals surface area contributed by atoms with Crippen molar-refractivity contribution in [2.45, 2.75) is 109 Å². The first-order valence-electron chi connectivity index (χ1n) is 18.4. The van der Waals surface area contributed by atoms with E-state index in [2.05, 4.69) is 39.0 Å². The molecule has 8 heteroatoms. The van der Waals surface area contributed by atoms with Gasteiger partial charge in [-0.25, -0.2) is 4.79 Å². The van der Waals surface area contributed by atoms with E-state index in [4.69, 9.17) is 28.4 Å². The molecule has 8 nitrogen and oxygen atoms in total. The summed E-state index contributed by atoms with van der Waals surface area (Å²) in [5, 5.41) is 12.5. The van der Waals surface area contributed by atoms with Gasteiger partial charge < -0.3 is 33.5 Å². The van der Waals surface area contributed by atoms with Crippen molar-refractivity contribution >= 4 is 5.97 Å². The van der Waals surface area contributed by atoms with Crippen LogP contribution in [0.4, 0.5) is 0 Å². The normalized spacial score (nSPS) is 52.5. The lowest BCUT2D eigenvalue weighted by molar-refractivity contribution is -0.224. The van der Waals surface area contributed by atoms with Gasteiger partial charge in [0, 0.05) is 29.9 Å². The maximum Gasteiger partial charge on any atom is 0.336 e. The van der Waals surface area contributed by atoms with E-state index in [1.54, 1.807) is 7.11 Å². The van der Waals surface area contributed by atoms with E-state index >= 15 is 0 Å². The van der Waals surface area contributed by atoms with Crippen LogP contribution >= 0.6 is 0 Å². The highest BCUT2D eigenvalue weighted by atomic mass is 16.7. The molecule has 0 bridgehead atoms. The lowest BCUT2D eigenvalue weighted by Crippen LogP contribution is -2.65. The van der Waals surface area contributed by atoms with Crippen molar-refractivity contribution in [1.29, 1.82) is 0 Å². The highest BCUT2D eigenvalue weighted by molar-refractivity contribution is 5.92. The Morgan fingerprint density at radius 3 is 2.62 bits per heavy atom. The molecule has 0 aromatic heterocycles. The molecular weight excluding hydrogens is 608 g/mol. The summed E-state index contributed by atoms with van der Waals surface area (Å²) in [7, 11) is 1.69. The number of carbonyl (C=O) groups is 1. The van der Waals surface area contributed by atoms with Crippen LogP contribution in [0.5, 0.6) is 11.5 Å². The molecular formula is C40H50O8. The number of aliphatic hydroxyl groups is 1. The molecule has 4 heterocycles. The highest BCUT2D eigenvalue weighted by Gasteiger charge is 2.85. The lowest BCUT2D eigenvalue weighted by atomic mass is 9.37. The Morgan fingerprint density at radius 1 is 0.979 bits per heavy atom. The molecule has 1 aromatic rings. The molecule has 0 amide bonds. The van der Waals surface area contributed by atoms with Gasteiger partial charge in [-0.15, -0.1) is 0 Å². The van der Waals surface area contributed by atoms with Gasteiger partial charge in [-0.05, 0) is 116 Å². The summed E-state index contributed by atoms with van der Waals surface area (Å²) in [5.74, 6) is 1.29. The third-order valence-corrected chi connectivity index (χ3v) is 16.4. The number of ether oxygens (including phenoxy) is 6. The van der Waals surface area contributed by atoms with Gasteiger partial charge in [0.15, 0.2) is 11.5 Å². The third kappa shape index (κ3) is 3.49. The van der Waals surface area contributed by atoms with E-state index in [1.807, 2.05) is 19.1 Å². The number of methoxy groups -OCH3 is 1. The van der Waals surface area contributed by atoms with Gasteiger partial charge in [-0.3, -0.25) is 0 Å². The molecule has 12 atom stereocenters. The van der Waals surface area contributed by atoms with Gasteiger partial charge in [0.25, 0.3) is 0 Å². The minimum atomic E-state index is -1.01. The van der Waals surface area contributed by atoms with E-state index in [0.717, 1.165) is 74.0 Å². The second kappa shape index (κ2) is 9.28. The molecule has 5 aliphatic carbocycles. The Kier molecular flexibility index (Phi) is 5.88. The summed E-state index contributed by atoms with van der Waals surface area (Å²) < 4.78 is 35.8. The van der Waals surface area contributed by atoms with Crippen LogP contribution in [0.2, 0.25) is 0 Å². The number of fused-ring (bicyclic) bond motifs is 6. The molecule has 9 aliphatic rings. The zero-order chi connectivity index (χ0) is 33.1. The van der Waals surface area contributed by atoms with Crippen molar-refractivity contribution in [1.82, 2.24) is 0 Å². The van der Waals surface area contributed by atoms with Crippen LogP contribution in [0.3, 0.4) is 0 Å². The van der Waals surface area contributed by atoms with Gasteiger partial charge >= 0.3 is 5.97 Å². The number of carbonyl (C=O) groups excluding carboxylic acids is 1. The summed E-state index contributed by atoms with van der Waals surface area (Å²) in [6, 6.07) is 6.19. The van der Waals surface area contributed by atoms with Gasteiger partial charge in [0.05, 0.1) is 31.0 Å². The molecule has 10 rings (SSSR count). The maximum absolute atomic E-state index is 13.6. The van der Waals surface area contributed by atoms with Crippen molar-refractivity contribution < 1.29 is 38.3 Å². The zero-order valence-corrected chi connectivity index (χ0v) is 29.1. The van der Waals surface area contributed by atoms with Crippen molar-refractivity contribution in [3.05, 3.63) is 47.1 Å². The zero-order valence-electron chi connectivity index (χ0n) is 29.1. The Balaban J connectivity index is 0.942. The number of rotatable bonds is 3. The molecule has 1 N–H and O–H groups in total. The first-order valence-corrected chi connectivity index (χ1v) is 18.4. The summed E-state index contributed by atoms with van der Waals surface area (Å²) in [4.78, 5) is 13.6. The minimum absolute atomic E-state index is 0.00775. The molecule has 48 heavy (non-hydrogen) atoms. The van der Waals surface area contributed by atoms with Gasteiger partial charge in [0.2, 0.25) is 12.6 Å². The monoisotopic (exact) mass is 658 g/mol. The fourth-order valence-electron chi connectivity index (χ4n) is 13.9. The number of benzene rings is 1. The smallest absolute Gasteiger partial charge is 0.336 e. The first kappa shape index (κ1) is 30.4. The van der Waals surface area contributed by atoms with Gasteiger partial charge in [0.1, 0.15) is 0 Å². The molecule has 258 valence electrons. The highest BCUT2D eigenvalue weighted by Crippen LogP contribution is 2.91. The van der Waals surface area contributed by atoms with Gasteiger partial charge in [-0.1, -0.05) is 38.5 Å². The third-order valence-electron chi connectivity index (χ3n) is 16.4. The second-order valence-corrected chi connectivity index (χ2v) is 18.1. The average molecular weight is 659 g/mol. The standard InChI is InChI=1S/C40H50O8/c1-34(43-5)18-40(47-20-34)17-25(33(42)48-40)26-9-13-39-19-38(26,39)12-10-30-35(2)11-8-24-15-28(23-6-7-27-29(14-23)46-22-45-27)44-21-36(24,3)31(35)16-32(41)37(30,39)4/h6-8,14,17,26,28,30-32,41H,9-13,15-16,18-22H2,1-5H3/t26-,28-,30+,31+,32+,34+,35+,36-,37-,38+,39+,40+/m0/s1. The van der Waals surface area contributed by atoms with Crippen LogP contribution in [0.15, 0.2) is 41.5 Å². The summed E-state index contributed by atoms with van der Waals surface area (Å²) in [6.07, 6.45) is 12.8. The fraction of sp³-hybridized carbons (Fsp3) is 0.725. The number of esters is 1. The Bertz CT molecular complexity index is 1680. The first-order chi connectivity index (χ1) is 22.8. The predicted octanol–water partition coefficient (Wildman–Crippen LogP) is 6.81. The van der Waals surface area contributed by atoms with E-state index < -0.39 is 11.4 Å². The molecule has 2 saturated heterocycles. The van der Waals surface area contributed by atoms with E-state index in [1.165, 1.54) is 5.57 Å². The number of hydrogen-bond acceptors (Lipinski definition) is 8. The maximum atomic E-state index is 13.6. The lowest BCUT2D eigenvalue weighted by Gasteiger charge is -2.68. The van der Waals surface area contributed by atoms with E-state index in [0.29, 0.717) is 31.5 Å². The molecule has 4 aliphatic heterocycles. The Hall–Kier alpha value is -2.39. The van der Waals surface area contributed by atoms with Crippen LogP contribution < -0.4 is 9.47 Å². The number of hydrogen-bond donors (Lipinski definition) is 1. The SMILES string of the molecule is CO[C@@]1(C)CO[C@@]2(C=C([C@@H]3CC[C@]45C[C@]34CC[C@@H]3[C@@]4(C)CC=C6C[C@@H](c7ccc8c(c7)OCO8)OC[C@]6(C)[C@@H]4C[C@@H](O)[C@]35C)C(=O)O2)C1. The van der Waals surface area contributed by atoms with Crippen LogP contribution in [0.25, 0.3) is 0 Å². The summed E-state index contributed by atoms with van der Waals surface area (Å²) in [6.45, 7) is 10.7. The quantitative estimate of drug-likeness (QED) is 0.280.